The molecule has 0 spiro atoms. The summed E-state index contributed by atoms with van der Waals surface area (Å²) in [6.07, 6.45) is 8.19. The van der Waals surface area contributed by atoms with Crippen LogP contribution in [0.4, 0.5) is 0 Å². The lowest BCUT2D eigenvalue weighted by atomic mass is 10.0. The van der Waals surface area contributed by atoms with Crippen molar-refractivity contribution in [3.63, 3.8) is 0 Å². The quantitative estimate of drug-likeness (QED) is 0.830. The van der Waals surface area contributed by atoms with Crippen molar-refractivity contribution >= 4 is 0 Å². The monoisotopic (exact) mass is 261 g/mol. The Labute approximate surface area is 117 Å². The lowest BCUT2D eigenvalue weighted by Gasteiger charge is -2.20. The van der Waals surface area contributed by atoms with Gasteiger partial charge in [-0.2, -0.15) is 0 Å². The van der Waals surface area contributed by atoms with Crippen LogP contribution in [0.3, 0.4) is 0 Å². The average molecular weight is 261 g/mol. The highest BCUT2D eigenvalue weighted by atomic mass is 16.5. The topological polar surface area (TPSA) is 35.2 Å². The maximum atomic E-state index is 6.28. The van der Waals surface area contributed by atoms with Gasteiger partial charge in [-0.05, 0) is 37.8 Å². The molecule has 1 fully saturated rings. The van der Waals surface area contributed by atoms with Crippen LogP contribution in [0.1, 0.15) is 61.3 Å². The largest absolute Gasteiger partial charge is 0.376 e. The van der Waals surface area contributed by atoms with E-state index >= 15 is 0 Å². The third kappa shape index (κ3) is 4.32. The number of hydrogen-bond acceptors (Lipinski definition) is 2. The minimum Gasteiger partial charge on any atom is -0.376 e. The van der Waals surface area contributed by atoms with Gasteiger partial charge in [0, 0.05) is 0 Å². The summed E-state index contributed by atoms with van der Waals surface area (Å²) in [6, 6.07) is 6.48. The van der Waals surface area contributed by atoms with Crippen molar-refractivity contribution in [2.24, 2.45) is 5.73 Å². The number of hydrogen-bond donors (Lipinski definition) is 1. The van der Waals surface area contributed by atoms with Crippen LogP contribution < -0.4 is 5.73 Å². The van der Waals surface area contributed by atoms with Gasteiger partial charge in [0.15, 0.2) is 0 Å². The van der Waals surface area contributed by atoms with Gasteiger partial charge in [0.05, 0.1) is 18.8 Å². The molecule has 19 heavy (non-hydrogen) atoms. The molecule has 1 aromatic rings. The zero-order chi connectivity index (χ0) is 13.7. The van der Waals surface area contributed by atoms with Crippen molar-refractivity contribution in [1.29, 1.82) is 0 Å². The molecule has 2 nitrogen and oxygen atoms in total. The van der Waals surface area contributed by atoms with Crippen LogP contribution in [-0.2, 0) is 4.74 Å². The zero-order valence-corrected chi connectivity index (χ0v) is 12.3. The second-order valence-corrected chi connectivity index (χ2v) is 5.91. The number of benzene rings is 1. The first-order valence-electron chi connectivity index (χ1n) is 7.61. The predicted octanol–water partition coefficient (Wildman–Crippen LogP) is 4.04. The van der Waals surface area contributed by atoms with Crippen molar-refractivity contribution in [2.45, 2.75) is 64.5 Å². The molecule has 2 heteroatoms. The standard InChI is InChI=1S/C17H27NO/c1-13-9-10-16(14(2)11-13)17(18)12-19-15-7-5-3-4-6-8-15/h9-11,15,17H,3-8,12,18H2,1-2H3. The van der Waals surface area contributed by atoms with E-state index in [0.717, 1.165) is 0 Å². The summed E-state index contributed by atoms with van der Waals surface area (Å²) in [5, 5.41) is 0. The van der Waals surface area contributed by atoms with Gasteiger partial charge in [-0.1, -0.05) is 49.4 Å². The maximum absolute atomic E-state index is 6.28. The van der Waals surface area contributed by atoms with Gasteiger partial charge in [0.1, 0.15) is 0 Å². The molecule has 0 aromatic heterocycles. The van der Waals surface area contributed by atoms with Crippen LogP contribution in [0.2, 0.25) is 0 Å². The van der Waals surface area contributed by atoms with Gasteiger partial charge in [-0.25, -0.2) is 0 Å². The molecule has 106 valence electrons. The van der Waals surface area contributed by atoms with E-state index in [1.807, 2.05) is 0 Å². The molecule has 2 N–H and O–H groups in total. The molecule has 0 saturated heterocycles. The number of rotatable bonds is 4. The molecule has 1 aliphatic carbocycles. The highest BCUT2D eigenvalue weighted by Crippen LogP contribution is 2.22. The molecule has 1 unspecified atom stereocenters. The molecule has 0 aliphatic heterocycles. The number of aryl methyl sites for hydroxylation is 2. The van der Waals surface area contributed by atoms with Crippen LogP contribution in [0, 0.1) is 13.8 Å². The third-order valence-electron chi connectivity index (χ3n) is 4.14. The van der Waals surface area contributed by atoms with E-state index < -0.39 is 0 Å². The van der Waals surface area contributed by atoms with Crippen molar-refractivity contribution in [1.82, 2.24) is 0 Å². The fraction of sp³-hybridized carbons (Fsp3) is 0.647. The predicted molar refractivity (Wildman–Crippen MR) is 80.3 cm³/mol. The molecule has 0 radical (unpaired) electrons. The Morgan fingerprint density at radius 2 is 1.84 bits per heavy atom. The fourth-order valence-corrected chi connectivity index (χ4v) is 2.98. The highest BCUT2D eigenvalue weighted by Gasteiger charge is 2.15. The first-order valence-corrected chi connectivity index (χ1v) is 7.61. The van der Waals surface area contributed by atoms with Crippen LogP contribution in [0.15, 0.2) is 18.2 Å². The highest BCUT2D eigenvalue weighted by molar-refractivity contribution is 5.32. The minimum absolute atomic E-state index is 0.00357. The van der Waals surface area contributed by atoms with Gasteiger partial charge in [-0.15, -0.1) is 0 Å². The fourth-order valence-electron chi connectivity index (χ4n) is 2.98. The maximum Gasteiger partial charge on any atom is 0.0663 e. The Balaban J connectivity index is 1.87. The van der Waals surface area contributed by atoms with Crippen molar-refractivity contribution in [3.8, 4) is 0 Å². The normalized spacial score (nSPS) is 19.1. The molecule has 1 aromatic carbocycles. The van der Waals surface area contributed by atoms with E-state index in [0.29, 0.717) is 12.7 Å². The SMILES string of the molecule is Cc1ccc(C(N)COC2CCCCCC2)c(C)c1. The summed E-state index contributed by atoms with van der Waals surface area (Å²) in [5.41, 5.74) is 10.1. The first-order chi connectivity index (χ1) is 9.16. The smallest absolute Gasteiger partial charge is 0.0663 e. The van der Waals surface area contributed by atoms with E-state index in [4.69, 9.17) is 10.5 Å². The van der Waals surface area contributed by atoms with E-state index in [1.165, 1.54) is 55.2 Å². The number of nitrogens with two attached hydrogens (primary N) is 1. The second kappa shape index (κ2) is 7.06. The minimum atomic E-state index is 0.00357. The summed E-state index contributed by atoms with van der Waals surface area (Å²) in [7, 11) is 0. The van der Waals surface area contributed by atoms with Crippen LogP contribution in [0.25, 0.3) is 0 Å². The molecule has 1 atom stereocenters. The summed E-state index contributed by atoms with van der Waals surface area (Å²) in [4.78, 5) is 0. The molecular weight excluding hydrogens is 234 g/mol. The molecule has 0 heterocycles. The average Bonchev–Trinajstić information content (AvgIpc) is 2.64. The summed E-state index contributed by atoms with van der Waals surface area (Å²) >= 11 is 0. The molecule has 0 amide bonds. The Bertz CT molecular complexity index is 394. The second-order valence-electron chi connectivity index (χ2n) is 5.91. The van der Waals surface area contributed by atoms with Gasteiger partial charge in [0.25, 0.3) is 0 Å². The van der Waals surface area contributed by atoms with Crippen molar-refractivity contribution in [3.05, 3.63) is 34.9 Å². The third-order valence-corrected chi connectivity index (χ3v) is 4.14. The molecule has 0 bridgehead atoms. The van der Waals surface area contributed by atoms with Crippen molar-refractivity contribution in [2.75, 3.05) is 6.61 Å². The van der Waals surface area contributed by atoms with E-state index in [9.17, 15) is 0 Å². The first kappa shape index (κ1) is 14.5. The lowest BCUT2D eigenvalue weighted by Crippen LogP contribution is -2.22. The molecule has 1 saturated carbocycles. The van der Waals surface area contributed by atoms with Crippen LogP contribution in [-0.4, -0.2) is 12.7 Å². The lowest BCUT2D eigenvalue weighted by molar-refractivity contribution is 0.0344. The van der Waals surface area contributed by atoms with Gasteiger partial charge < -0.3 is 10.5 Å². The Kier molecular flexibility index (Phi) is 5.41. The Morgan fingerprint density at radius 3 is 2.47 bits per heavy atom. The zero-order valence-electron chi connectivity index (χ0n) is 12.3. The van der Waals surface area contributed by atoms with E-state index in [1.54, 1.807) is 0 Å². The van der Waals surface area contributed by atoms with E-state index in [-0.39, 0.29) is 6.04 Å². The molecule has 1 aliphatic rings. The Morgan fingerprint density at radius 1 is 1.16 bits per heavy atom. The van der Waals surface area contributed by atoms with Gasteiger partial charge in [-0.3, -0.25) is 0 Å². The molecule has 2 rings (SSSR count). The molecular formula is C17H27NO. The van der Waals surface area contributed by atoms with Crippen LogP contribution in [0.5, 0.6) is 0 Å². The van der Waals surface area contributed by atoms with Crippen molar-refractivity contribution < 1.29 is 4.74 Å². The Hall–Kier alpha value is -0.860. The summed E-state index contributed by atoms with van der Waals surface area (Å²) < 4.78 is 6.04. The van der Waals surface area contributed by atoms with Crippen LogP contribution >= 0.6 is 0 Å². The summed E-state index contributed by atoms with van der Waals surface area (Å²) in [5.74, 6) is 0. The number of ether oxygens (including phenoxy) is 1. The van der Waals surface area contributed by atoms with Gasteiger partial charge >= 0.3 is 0 Å². The van der Waals surface area contributed by atoms with E-state index in [2.05, 4.69) is 32.0 Å². The summed E-state index contributed by atoms with van der Waals surface area (Å²) in [6.45, 7) is 4.90. The van der Waals surface area contributed by atoms with Gasteiger partial charge in [0.2, 0.25) is 0 Å².